The molecule has 0 spiro atoms. The number of rotatable bonds is 4. The van der Waals surface area contributed by atoms with Gasteiger partial charge in [0.05, 0.1) is 10.7 Å². The van der Waals surface area contributed by atoms with Gasteiger partial charge in [-0.25, -0.2) is 0 Å². The lowest BCUT2D eigenvalue weighted by Crippen LogP contribution is -2.38. The van der Waals surface area contributed by atoms with Crippen LogP contribution in [0.15, 0.2) is 48.8 Å². The lowest BCUT2D eigenvalue weighted by molar-refractivity contribution is 0.211. The number of likely N-dealkylation sites (tertiary alicyclic amines) is 1. The van der Waals surface area contributed by atoms with Gasteiger partial charge in [0.2, 0.25) is 0 Å². The van der Waals surface area contributed by atoms with Gasteiger partial charge in [0.1, 0.15) is 0 Å². The van der Waals surface area contributed by atoms with E-state index in [2.05, 4.69) is 45.5 Å². The summed E-state index contributed by atoms with van der Waals surface area (Å²) in [7, 11) is 0. The van der Waals surface area contributed by atoms with E-state index < -0.39 is 0 Å². The fourth-order valence-corrected chi connectivity index (χ4v) is 2.96. The molecule has 1 aromatic heterocycles. The van der Waals surface area contributed by atoms with Crippen molar-refractivity contribution < 1.29 is 0 Å². The molecule has 1 aromatic carbocycles. The minimum Gasteiger partial charge on any atom is -0.381 e. The Kier molecular flexibility index (Phi) is 4.73. The molecule has 1 saturated heterocycles. The number of hydrogen-bond donors (Lipinski definition) is 1. The Balaban J connectivity index is 1.50. The van der Waals surface area contributed by atoms with Crippen molar-refractivity contribution in [2.75, 3.05) is 18.4 Å². The molecule has 1 aliphatic heterocycles. The molecular weight excluding hydrogens is 282 g/mol. The number of piperidine rings is 1. The minimum absolute atomic E-state index is 0.497. The fraction of sp³-hybridized carbons (Fsp3) is 0.353. The average molecular weight is 302 g/mol. The molecule has 21 heavy (non-hydrogen) atoms. The fourth-order valence-electron chi connectivity index (χ4n) is 2.79. The standard InChI is InChI=1S/C17H20ClN3/c18-16-12-19-9-6-17(16)20-15-7-10-21(11-8-15)13-14-4-2-1-3-5-14/h1-6,9,12,15H,7-8,10-11,13H2,(H,19,20). The monoisotopic (exact) mass is 301 g/mol. The Hall–Kier alpha value is -1.58. The Labute approximate surface area is 131 Å². The highest BCUT2D eigenvalue weighted by atomic mass is 35.5. The van der Waals surface area contributed by atoms with E-state index in [-0.39, 0.29) is 0 Å². The summed E-state index contributed by atoms with van der Waals surface area (Å²) in [6, 6.07) is 13.1. The van der Waals surface area contributed by atoms with Crippen molar-refractivity contribution >= 4 is 17.3 Å². The van der Waals surface area contributed by atoms with Gasteiger partial charge in [-0.05, 0) is 24.5 Å². The minimum atomic E-state index is 0.497. The van der Waals surface area contributed by atoms with Crippen LogP contribution in [0.4, 0.5) is 5.69 Å². The topological polar surface area (TPSA) is 28.2 Å². The molecule has 2 heterocycles. The summed E-state index contributed by atoms with van der Waals surface area (Å²) >= 11 is 6.14. The number of nitrogens with one attached hydrogen (secondary N) is 1. The summed E-state index contributed by atoms with van der Waals surface area (Å²) in [5.74, 6) is 0. The zero-order valence-electron chi connectivity index (χ0n) is 12.0. The molecule has 0 unspecified atom stereocenters. The quantitative estimate of drug-likeness (QED) is 0.931. The van der Waals surface area contributed by atoms with E-state index in [0.717, 1.165) is 38.2 Å². The smallest absolute Gasteiger partial charge is 0.0820 e. The largest absolute Gasteiger partial charge is 0.381 e. The van der Waals surface area contributed by atoms with E-state index in [9.17, 15) is 0 Å². The van der Waals surface area contributed by atoms with Gasteiger partial charge < -0.3 is 5.32 Å². The normalized spacial score (nSPS) is 16.8. The third-order valence-corrected chi connectivity index (χ3v) is 4.27. The van der Waals surface area contributed by atoms with Crippen LogP contribution in [0.5, 0.6) is 0 Å². The van der Waals surface area contributed by atoms with Crippen molar-refractivity contribution in [1.29, 1.82) is 0 Å². The zero-order chi connectivity index (χ0) is 14.5. The maximum absolute atomic E-state index is 6.14. The summed E-state index contributed by atoms with van der Waals surface area (Å²) in [6.07, 6.45) is 5.75. The number of pyridine rings is 1. The molecule has 3 rings (SSSR count). The summed E-state index contributed by atoms with van der Waals surface area (Å²) in [6.45, 7) is 3.29. The average Bonchev–Trinajstić information content (AvgIpc) is 2.52. The van der Waals surface area contributed by atoms with Gasteiger partial charge in [-0.3, -0.25) is 9.88 Å². The highest BCUT2D eigenvalue weighted by Crippen LogP contribution is 2.23. The molecule has 0 atom stereocenters. The van der Waals surface area contributed by atoms with E-state index in [4.69, 9.17) is 11.6 Å². The molecule has 0 bridgehead atoms. The van der Waals surface area contributed by atoms with Gasteiger partial charge in [-0.1, -0.05) is 41.9 Å². The summed E-state index contributed by atoms with van der Waals surface area (Å²) in [5, 5.41) is 4.23. The first-order valence-corrected chi connectivity index (χ1v) is 7.81. The lowest BCUT2D eigenvalue weighted by atomic mass is 10.0. The third-order valence-electron chi connectivity index (χ3n) is 3.97. The van der Waals surface area contributed by atoms with E-state index in [1.807, 2.05) is 6.07 Å². The SMILES string of the molecule is Clc1cnccc1NC1CCN(Cc2ccccc2)CC1. The van der Waals surface area contributed by atoms with Gasteiger partial charge in [0.25, 0.3) is 0 Å². The molecule has 1 aliphatic rings. The van der Waals surface area contributed by atoms with Crippen LogP contribution >= 0.6 is 11.6 Å². The van der Waals surface area contributed by atoms with Crippen molar-refractivity contribution in [1.82, 2.24) is 9.88 Å². The Morgan fingerprint density at radius 3 is 2.62 bits per heavy atom. The number of nitrogens with zero attached hydrogens (tertiary/aromatic N) is 2. The van der Waals surface area contributed by atoms with Gasteiger partial charge in [0, 0.05) is 38.1 Å². The maximum Gasteiger partial charge on any atom is 0.0820 e. The first-order chi connectivity index (χ1) is 10.3. The molecule has 1 N–H and O–H groups in total. The molecule has 3 nitrogen and oxygen atoms in total. The van der Waals surface area contributed by atoms with E-state index in [0.29, 0.717) is 11.1 Å². The van der Waals surface area contributed by atoms with Crippen molar-refractivity contribution in [2.45, 2.75) is 25.4 Å². The van der Waals surface area contributed by atoms with E-state index in [1.54, 1.807) is 12.4 Å². The first-order valence-electron chi connectivity index (χ1n) is 7.43. The summed E-state index contributed by atoms with van der Waals surface area (Å²) in [5.41, 5.74) is 2.38. The van der Waals surface area contributed by atoms with Crippen molar-refractivity contribution in [3.05, 3.63) is 59.4 Å². The predicted molar refractivity (Wildman–Crippen MR) is 87.6 cm³/mol. The summed E-state index contributed by atoms with van der Waals surface area (Å²) < 4.78 is 0. The molecule has 0 aliphatic carbocycles. The van der Waals surface area contributed by atoms with Crippen LogP contribution in [-0.4, -0.2) is 29.0 Å². The second-order valence-electron chi connectivity index (χ2n) is 5.54. The van der Waals surface area contributed by atoms with Gasteiger partial charge in [0.15, 0.2) is 0 Å². The zero-order valence-corrected chi connectivity index (χ0v) is 12.8. The molecule has 1 fully saturated rings. The van der Waals surface area contributed by atoms with Crippen molar-refractivity contribution in [3.63, 3.8) is 0 Å². The molecule has 0 amide bonds. The Bertz CT molecular complexity index is 565. The van der Waals surface area contributed by atoms with E-state index >= 15 is 0 Å². The van der Waals surface area contributed by atoms with Crippen LogP contribution in [0.25, 0.3) is 0 Å². The van der Waals surface area contributed by atoms with Crippen LogP contribution in [0.1, 0.15) is 18.4 Å². The van der Waals surface area contributed by atoms with Crippen LogP contribution in [-0.2, 0) is 6.54 Å². The molecule has 0 radical (unpaired) electrons. The van der Waals surface area contributed by atoms with E-state index in [1.165, 1.54) is 5.56 Å². The van der Waals surface area contributed by atoms with Gasteiger partial charge >= 0.3 is 0 Å². The number of aromatic nitrogens is 1. The molecular formula is C17H20ClN3. The molecule has 0 saturated carbocycles. The van der Waals surface area contributed by atoms with Crippen LogP contribution in [0.2, 0.25) is 5.02 Å². The molecule has 110 valence electrons. The van der Waals surface area contributed by atoms with Crippen molar-refractivity contribution in [2.24, 2.45) is 0 Å². The second-order valence-corrected chi connectivity index (χ2v) is 5.94. The Morgan fingerprint density at radius 1 is 1.14 bits per heavy atom. The molecule has 2 aromatic rings. The highest BCUT2D eigenvalue weighted by molar-refractivity contribution is 6.33. The number of hydrogen-bond acceptors (Lipinski definition) is 3. The first kappa shape index (κ1) is 14.4. The Morgan fingerprint density at radius 2 is 1.90 bits per heavy atom. The van der Waals surface area contributed by atoms with Gasteiger partial charge in [-0.2, -0.15) is 0 Å². The number of anilines is 1. The number of halogens is 1. The van der Waals surface area contributed by atoms with Crippen LogP contribution in [0.3, 0.4) is 0 Å². The van der Waals surface area contributed by atoms with Crippen LogP contribution < -0.4 is 5.32 Å². The van der Waals surface area contributed by atoms with Crippen LogP contribution in [0, 0.1) is 0 Å². The maximum atomic E-state index is 6.14. The second kappa shape index (κ2) is 6.92. The van der Waals surface area contributed by atoms with Crippen molar-refractivity contribution in [3.8, 4) is 0 Å². The molecule has 4 heteroatoms. The van der Waals surface area contributed by atoms with Gasteiger partial charge in [-0.15, -0.1) is 0 Å². The summed E-state index contributed by atoms with van der Waals surface area (Å²) in [4.78, 5) is 6.53. The third kappa shape index (κ3) is 3.96. The predicted octanol–water partition coefficient (Wildman–Crippen LogP) is 3.81. The highest BCUT2D eigenvalue weighted by Gasteiger charge is 2.19. The number of benzene rings is 1. The lowest BCUT2D eigenvalue weighted by Gasteiger charge is -2.33.